The molecule has 0 aliphatic heterocycles. The molecule has 0 radical (unpaired) electrons. The molecule has 0 N–H and O–H groups in total. The van der Waals surface area contributed by atoms with E-state index in [2.05, 4.69) is 5.73 Å². The van der Waals surface area contributed by atoms with Crippen LogP contribution in [0.5, 0.6) is 0 Å². The highest BCUT2D eigenvalue weighted by molar-refractivity contribution is 5.64. The van der Waals surface area contributed by atoms with Crippen LogP contribution < -0.4 is 0 Å². The molecule has 0 amide bonds. The predicted molar refractivity (Wildman–Crippen MR) is 77.7 cm³/mol. The van der Waals surface area contributed by atoms with Gasteiger partial charge in [0, 0.05) is 11.6 Å². The average Bonchev–Trinajstić information content (AvgIpc) is 2.46. The molecular weight excluding hydrogens is 299 g/mol. The van der Waals surface area contributed by atoms with Crippen molar-refractivity contribution in [2.45, 2.75) is 51.1 Å². The van der Waals surface area contributed by atoms with Gasteiger partial charge in [0.1, 0.15) is 0 Å². The molecular formula is C17H19F5. The maximum absolute atomic E-state index is 13.0. The van der Waals surface area contributed by atoms with Crippen LogP contribution in [0.15, 0.2) is 42.1 Å². The molecule has 0 aromatic heterocycles. The Morgan fingerprint density at radius 2 is 1.64 bits per heavy atom. The van der Waals surface area contributed by atoms with Crippen LogP contribution >= 0.6 is 0 Å². The summed E-state index contributed by atoms with van der Waals surface area (Å²) >= 11 is 0. The Morgan fingerprint density at radius 3 is 2.18 bits per heavy atom. The van der Waals surface area contributed by atoms with Crippen molar-refractivity contribution in [2.75, 3.05) is 0 Å². The molecule has 5 heteroatoms. The van der Waals surface area contributed by atoms with Crippen LogP contribution in [-0.2, 0) is 0 Å². The second kappa shape index (κ2) is 8.14. The van der Waals surface area contributed by atoms with E-state index in [1.165, 1.54) is 0 Å². The predicted octanol–water partition coefficient (Wildman–Crippen LogP) is 6.39. The summed E-state index contributed by atoms with van der Waals surface area (Å²) in [5, 5.41) is 0. The summed E-state index contributed by atoms with van der Waals surface area (Å²) < 4.78 is 62.6. The minimum atomic E-state index is -5.59. The molecule has 0 heterocycles. The number of benzene rings is 1. The van der Waals surface area contributed by atoms with Crippen molar-refractivity contribution in [2.24, 2.45) is 0 Å². The third kappa shape index (κ3) is 5.64. The first kappa shape index (κ1) is 18.4. The minimum Gasteiger partial charge on any atom is -0.191 e. The van der Waals surface area contributed by atoms with Gasteiger partial charge in [-0.25, -0.2) is 0 Å². The van der Waals surface area contributed by atoms with Gasteiger partial charge < -0.3 is 0 Å². The lowest BCUT2D eigenvalue weighted by Crippen LogP contribution is -2.33. The molecule has 0 spiro atoms. The molecule has 0 atom stereocenters. The van der Waals surface area contributed by atoms with E-state index in [0.29, 0.717) is 17.6 Å². The zero-order chi connectivity index (χ0) is 16.6. The molecule has 0 aliphatic rings. The molecule has 0 saturated carbocycles. The third-order valence-corrected chi connectivity index (χ3v) is 3.21. The summed E-state index contributed by atoms with van der Waals surface area (Å²) in [6, 6.07) is 8.55. The van der Waals surface area contributed by atoms with Crippen LogP contribution in [-0.4, -0.2) is 12.1 Å². The summed E-state index contributed by atoms with van der Waals surface area (Å²) in [6.45, 7) is 2.04. The Bertz CT molecular complexity index is 508. The maximum atomic E-state index is 13.0. The van der Waals surface area contributed by atoms with Gasteiger partial charge in [-0.05, 0) is 18.4 Å². The van der Waals surface area contributed by atoms with Gasteiger partial charge in [0.05, 0.1) is 0 Å². The zero-order valence-corrected chi connectivity index (χ0v) is 12.4. The van der Waals surface area contributed by atoms with E-state index >= 15 is 0 Å². The highest BCUT2D eigenvalue weighted by Crippen LogP contribution is 2.36. The molecule has 0 aliphatic carbocycles. The SMILES string of the molecule is CCCCCCC(=C=CC(F)(F)C(F)(F)F)c1ccccc1. The topological polar surface area (TPSA) is 0 Å². The molecule has 0 fully saturated rings. The van der Waals surface area contributed by atoms with E-state index in [4.69, 9.17) is 0 Å². The summed E-state index contributed by atoms with van der Waals surface area (Å²) in [7, 11) is 0. The van der Waals surface area contributed by atoms with Gasteiger partial charge in [-0.15, -0.1) is 5.73 Å². The Kier molecular flexibility index (Phi) is 6.82. The largest absolute Gasteiger partial charge is 0.458 e. The fourth-order valence-corrected chi connectivity index (χ4v) is 1.93. The first-order valence-electron chi connectivity index (χ1n) is 7.24. The lowest BCUT2D eigenvalue weighted by Gasteiger charge is -2.14. The number of rotatable bonds is 7. The Morgan fingerprint density at radius 1 is 1.00 bits per heavy atom. The average molecular weight is 318 g/mol. The third-order valence-electron chi connectivity index (χ3n) is 3.21. The number of hydrogen-bond acceptors (Lipinski definition) is 0. The van der Waals surface area contributed by atoms with E-state index in [1.54, 1.807) is 30.3 Å². The Labute approximate surface area is 127 Å². The van der Waals surface area contributed by atoms with Gasteiger partial charge in [0.25, 0.3) is 0 Å². The molecule has 1 rings (SSSR count). The van der Waals surface area contributed by atoms with Crippen molar-refractivity contribution in [3.8, 4) is 0 Å². The van der Waals surface area contributed by atoms with Crippen LogP contribution in [0.3, 0.4) is 0 Å². The van der Waals surface area contributed by atoms with Crippen molar-refractivity contribution >= 4 is 5.57 Å². The first-order valence-corrected chi connectivity index (χ1v) is 7.24. The maximum Gasteiger partial charge on any atom is 0.458 e. The van der Waals surface area contributed by atoms with Gasteiger partial charge in [-0.2, -0.15) is 22.0 Å². The van der Waals surface area contributed by atoms with Crippen molar-refractivity contribution in [3.63, 3.8) is 0 Å². The van der Waals surface area contributed by atoms with Crippen molar-refractivity contribution in [1.29, 1.82) is 0 Å². The van der Waals surface area contributed by atoms with E-state index in [1.807, 2.05) is 6.92 Å². The molecule has 22 heavy (non-hydrogen) atoms. The number of unbranched alkanes of at least 4 members (excludes halogenated alkanes) is 3. The normalized spacial score (nSPS) is 11.9. The quantitative estimate of drug-likeness (QED) is 0.310. The highest BCUT2D eigenvalue weighted by Gasteiger charge is 2.55. The molecule has 0 nitrogen and oxygen atoms in total. The van der Waals surface area contributed by atoms with Gasteiger partial charge in [-0.1, -0.05) is 56.5 Å². The second-order valence-electron chi connectivity index (χ2n) is 5.06. The van der Waals surface area contributed by atoms with Crippen LogP contribution in [0.1, 0.15) is 44.6 Å². The van der Waals surface area contributed by atoms with Gasteiger partial charge in [-0.3, -0.25) is 0 Å². The van der Waals surface area contributed by atoms with Crippen molar-refractivity contribution in [1.82, 2.24) is 0 Å². The summed E-state index contributed by atoms with van der Waals surface area (Å²) in [6.07, 6.45) is -1.68. The second-order valence-corrected chi connectivity index (χ2v) is 5.06. The van der Waals surface area contributed by atoms with Crippen molar-refractivity contribution < 1.29 is 22.0 Å². The van der Waals surface area contributed by atoms with Crippen LogP contribution in [0.4, 0.5) is 22.0 Å². The van der Waals surface area contributed by atoms with E-state index in [-0.39, 0.29) is 6.08 Å². The monoisotopic (exact) mass is 318 g/mol. The lowest BCUT2D eigenvalue weighted by molar-refractivity contribution is -0.259. The van der Waals surface area contributed by atoms with Crippen LogP contribution in [0.2, 0.25) is 0 Å². The molecule has 1 aromatic carbocycles. The van der Waals surface area contributed by atoms with Gasteiger partial charge in [0.15, 0.2) is 0 Å². The zero-order valence-electron chi connectivity index (χ0n) is 12.4. The van der Waals surface area contributed by atoms with Crippen molar-refractivity contribution in [3.05, 3.63) is 47.7 Å². The summed E-state index contributed by atoms with van der Waals surface area (Å²) in [5.74, 6) is -4.86. The molecule has 0 bridgehead atoms. The standard InChI is InChI=1S/C17H19F5/c1-2-3-4-6-11-15(14-9-7-5-8-10-14)12-13-16(18,19)17(20,21)22/h5,7-10,13H,2-4,6,11H2,1H3. The van der Waals surface area contributed by atoms with Gasteiger partial charge in [0.2, 0.25) is 0 Å². The molecule has 1 aromatic rings. The van der Waals surface area contributed by atoms with Gasteiger partial charge >= 0.3 is 12.1 Å². The Hall–Kier alpha value is -1.61. The smallest absolute Gasteiger partial charge is 0.191 e. The Balaban J connectivity index is 3.02. The minimum absolute atomic E-state index is 0.171. The number of halogens is 5. The fraction of sp³-hybridized carbons (Fsp3) is 0.471. The number of alkyl halides is 5. The molecule has 0 unspecified atom stereocenters. The fourth-order valence-electron chi connectivity index (χ4n) is 1.93. The molecule has 122 valence electrons. The lowest BCUT2D eigenvalue weighted by atomic mass is 10.00. The summed E-state index contributed by atoms with van der Waals surface area (Å²) in [4.78, 5) is 0. The number of hydrogen-bond donors (Lipinski definition) is 0. The van der Waals surface area contributed by atoms with E-state index in [0.717, 1.165) is 25.7 Å². The van der Waals surface area contributed by atoms with E-state index < -0.39 is 12.1 Å². The number of allylic oxidation sites excluding steroid dienone is 1. The first-order chi connectivity index (χ1) is 10.3. The van der Waals surface area contributed by atoms with E-state index in [9.17, 15) is 22.0 Å². The highest BCUT2D eigenvalue weighted by atomic mass is 19.4. The van der Waals surface area contributed by atoms with Crippen LogP contribution in [0, 0.1) is 0 Å². The summed E-state index contributed by atoms with van der Waals surface area (Å²) in [5.41, 5.74) is 3.18. The molecule has 0 saturated heterocycles. The van der Waals surface area contributed by atoms with Crippen LogP contribution in [0.25, 0.3) is 5.57 Å².